The van der Waals surface area contributed by atoms with Crippen molar-refractivity contribution in [3.05, 3.63) is 35.4 Å². The lowest BCUT2D eigenvalue weighted by atomic mass is 9.89. The molecule has 1 spiro atoms. The van der Waals surface area contributed by atoms with Crippen molar-refractivity contribution in [3.63, 3.8) is 0 Å². The molecule has 1 aromatic rings. The molecule has 1 atom stereocenters. The van der Waals surface area contributed by atoms with E-state index in [4.69, 9.17) is 9.47 Å². The average Bonchev–Trinajstić information content (AvgIpc) is 3.13. The molecular formula is C20H26F2N2O4. The second-order valence-electron chi connectivity index (χ2n) is 7.96. The van der Waals surface area contributed by atoms with Crippen LogP contribution in [0, 0.1) is 11.6 Å². The van der Waals surface area contributed by atoms with E-state index < -0.39 is 28.9 Å². The topological polar surface area (TPSA) is 62.2 Å². The molecule has 8 heteroatoms. The minimum atomic E-state index is -1.51. The summed E-state index contributed by atoms with van der Waals surface area (Å²) in [5.74, 6) is -2.80. The van der Waals surface area contributed by atoms with Crippen molar-refractivity contribution >= 4 is 5.91 Å². The Labute approximate surface area is 163 Å². The molecule has 6 nitrogen and oxygen atoms in total. The van der Waals surface area contributed by atoms with E-state index in [1.54, 1.807) is 0 Å². The van der Waals surface area contributed by atoms with E-state index in [1.807, 2.05) is 0 Å². The Morgan fingerprint density at radius 2 is 1.79 bits per heavy atom. The number of piperidine rings is 2. The molecule has 1 amide bonds. The lowest BCUT2D eigenvalue weighted by molar-refractivity contribution is -0.191. The van der Waals surface area contributed by atoms with Gasteiger partial charge in [-0.2, -0.15) is 0 Å². The van der Waals surface area contributed by atoms with E-state index in [9.17, 15) is 18.7 Å². The third kappa shape index (κ3) is 3.78. The van der Waals surface area contributed by atoms with Crippen LogP contribution in [0.25, 0.3) is 0 Å². The molecule has 3 saturated heterocycles. The van der Waals surface area contributed by atoms with E-state index in [2.05, 4.69) is 4.90 Å². The Hall–Kier alpha value is -1.61. The zero-order valence-electron chi connectivity index (χ0n) is 15.8. The zero-order valence-corrected chi connectivity index (χ0v) is 15.8. The van der Waals surface area contributed by atoms with Gasteiger partial charge in [0.05, 0.1) is 13.2 Å². The highest BCUT2D eigenvalue weighted by atomic mass is 19.2. The monoisotopic (exact) mass is 396 g/mol. The number of ether oxygens (including phenoxy) is 2. The molecular weight excluding hydrogens is 370 g/mol. The fourth-order valence-corrected chi connectivity index (χ4v) is 4.45. The van der Waals surface area contributed by atoms with Gasteiger partial charge in [-0.05, 0) is 18.9 Å². The predicted molar refractivity (Wildman–Crippen MR) is 96.3 cm³/mol. The predicted octanol–water partition coefficient (Wildman–Crippen LogP) is 1.66. The van der Waals surface area contributed by atoms with Gasteiger partial charge in [0.15, 0.2) is 23.0 Å². The maximum Gasteiger partial charge on any atom is 0.256 e. The number of benzene rings is 1. The molecule has 3 aliphatic heterocycles. The summed E-state index contributed by atoms with van der Waals surface area (Å²) >= 11 is 0. The van der Waals surface area contributed by atoms with Crippen LogP contribution < -0.4 is 0 Å². The summed E-state index contributed by atoms with van der Waals surface area (Å²) in [6.07, 6.45) is 2.39. The third-order valence-electron chi connectivity index (χ3n) is 6.01. The molecule has 0 aromatic heterocycles. The molecule has 0 saturated carbocycles. The van der Waals surface area contributed by atoms with Gasteiger partial charge in [0.25, 0.3) is 5.91 Å². The van der Waals surface area contributed by atoms with Gasteiger partial charge in [-0.15, -0.1) is 0 Å². The highest BCUT2D eigenvalue weighted by Gasteiger charge is 2.46. The number of hydrogen-bond acceptors (Lipinski definition) is 5. The van der Waals surface area contributed by atoms with Gasteiger partial charge in [-0.3, -0.25) is 9.69 Å². The lowest BCUT2D eigenvalue weighted by Gasteiger charge is -2.43. The van der Waals surface area contributed by atoms with Crippen LogP contribution >= 0.6 is 0 Å². The van der Waals surface area contributed by atoms with Crippen LogP contribution in [0.4, 0.5) is 8.78 Å². The molecule has 3 fully saturated rings. The summed E-state index contributed by atoms with van der Waals surface area (Å²) in [5, 5.41) is 11.1. The Morgan fingerprint density at radius 1 is 1.07 bits per heavy atom. The number of carbonyl (C=O) groups excluding carboxylic acids is 1. The summed E-state index contributed by atoms with van der Waals surface area (Å²) in [6.45, 7) is 3.16. The van der Waals surface area contributed by atoms with Gasteiger partial charge in [-0.1, -0.05) is 12.1 Å². The van der Waals surface area contributed by atoms with Crippen LogP contribution in [0.3, 0.4) is 0 Å². The molecule has 0 bridgehead atoms. The van der Waals surface area contributed by atoms with Gasteiger partial charge in [0, 0.05) is 51.1 Å². The first-order valence-corrected chi connectivity index (χ1v) is 9.86. The first kappa shape index (κ1) is 19.7. The fourth-order valence-electron chi connectivity index (χ4n) is 4.45. The molecule has 3 aliphatic rings. The molecule has 154 valence electrons. The van der Waals surface area contributed by atoms with Crippen molar-refractivity contribution in [3.8, 4) is 0 Å². The SMILES string of the molecule is O=C1N(Cc2cccc(F)c2F)CCC[C@]1(O)CN1CCC2(CC1)OCCO2. The quantitative estimate of drug-likeness (QED) is 0.839. The van der Waals surface area contributed by atoms with E-state index in [0.29, 0.717) is 58.5 Å². The fraction of sp³-hybridized carbons (Fsp3) is 0.650. The Morgan fingerprint density at radius 3 is 2.50 bits per heavy atom. The second kappa shape index (κ2) is 7.67. The number of likely N-dealkylation sites (tertiary alicyclic amines) is 2. The molecule has 4 rings (SSSR count). The van der Waals surface area contributed by atoms with E-state index >= 15 is 0 Å². The second-order valence-corrected chi connectivity index (χ2v) is 7.96. The molecule has 0 radical (unpaired) electrons. The molecule has 3 heterocycles. The number of nitrogens with zero attached hydrogens (tertiary/aromatic N) is 2. The number of halogens is 2. The van der Waals surface area contributed by atoms with Crippen molar-refractivity contribution in [2.45, 2.75) is 43.6 Å². The van der Waals surface area contributed by atoms with Gasteiger partial charge >= 0.3 is 0 Å². The van der Waals surface area contributed by atoms with E-state index in [-0.39, 0.29) is 18.7 Å². The maximum atomic E-state index is 14.0. The Kier molecular flexibility index (Phi) is 5.39. The van der Waals surface area contributed by atoms with Gasteiger partial charge in [0.1, 0.15) is 0 Å². The van der Waals surface area contributed by atoms with Gasteiger partial charge < -0.3 is 19.5 Å². The van der Waals surface area contributed by atoms with Crippen LogP contribution in [0.1, 0.15) is 31.2 Å². The molecule has 1 N–H and O–H groups in total. The number of aliphatic hydroxyl groups is 1. The third-order valence-corrected chi connectivity index (χ3v) is 6.01. The summed E-state index contributed by atoms with van der Waals surface area (Å²) in [5.41, 5.74) is -1.39. The van der Waals surface area contributed by atoms with Crippen molar-refractivity contribution in [1.29, 1.82) is 0 Å². The van der Waals surface area contributed by atoms with E-state index in [0.717, 1.165) is 6.07 Å². The highest BCUT2D eigenvalue weighted by Crippen LogP contribution is 2.33. The number of carbonyl (C=O) groups is 1. The summed E-state index contributed by atoms with van der Waals surface area (Å²) in [4.78, 5) is 16.4. The number of amides is 1. The smallest absolute Gasteiger partial charge is 0.256 e. The van der Waals surface area contributed by atoms with Crippen LogP contribution in [0.15, 0.2) is 18.2 Å². The number of rotatable bonds is 4. The summed E-state index contributed by atoms with van der Waals surface area (Å²) in [6, 6.07) is 3.93. The molecule has 0 unspecified atom stereocenters. The van der Waals surface area contributed by atoms with Crippen molar-refractivity contribution < 1.29 is 28.2 Å². The van der Waals surface area contributed by atoms with Crippen molar-refractivity contribution in [2.75, 3.05) is 39.4 Å². The summed E-state index contributed by atoms with van der Waals surface area (Å²) in [7, 11) is 0. The van der Waals surface area contributed by atoms with Crippen molar-refractivity contribution in [1.82, 2.24) is 9.80 Å². The van der Waals surface area contributed by atoms with Crippen LogP contribution in [-0.4, -0.2) is 71.6 Å². The highest BCUT2D eigenvalue weighted by molar-refractivity contribution is 5.86. The van der Waals surface area contributed by atoms with Gasteiger partial charge in [-0.25, -0.2) is 8.78 Å². The number of β-amino-alcohol motifs (C(OH)–C–C–N with tert-alkyl or cyclic N) is 1. The maximum absolute atomic E-state index is 14.0. The minimum Gasteiger partial charge on any atom is -0.379 e. The Bertz CT molecular complexity index is 731. The standard InChI is InChI=1S/C20H26F2N2O4/c21-16-4-1-3-15(17(16)22)13-24-8-2-5-19(26,18(24)25)14-23-9-6-20(7-10-23)27-11-12-28-20/h1,3-4,26H,2,5-14H2/t19-/m0/s1. The first-order chi connectivity index (χ1) is 13.4. The largest absolute Gasteiger partial charge is 0.379 e. The average molecular weight is 396 g/mol. The van der Waals surface area contributed by atoms with Crippen molar-refractivity contribution in [2.24, 2.45) is 0 Å². The van der Waals surface area contributed by atoms with Crippen LogP contribution in [0.5, 0.6) is 0 Å². The normalized spacial score (nSPS) is 28.2. The molecule has 1 aromatic carbocycles. The van der Waals surface area contributed by atoms with Gasteiger partial charge in [0.2, 0.25) is 0 Å². The summed E-state index contributed by atoms with van der Waals surface area (Å²) < 4.78 is 38.9. The number of hydrogen-bond donors (Lipinski definition) is 1. The first-order valence-electron chi connectivity index (χ1n) is 9.86. The zero-order chi connectivity index (χ0) is 19.8. The van der Waals surface area contributed by atoms with E-state index in [1.165, 1.54) is 17.0 Å². The Balaban J connectivity index is 1.40. The van der Waals surface area contributed by atoms with Crippen LogP contribution in [-0.2, 0) is 20.8 Å². The minimum absolute atomic E-state index is 0.0461. The lowest BCUT2D eigenvalue weighted by Crippen LogP contribution is -2.59. The van der Waals surface area contributed by atoms with Crippen LogP contribution in [0.2, 0.25) is 0 Å². The molecule has 0 aliphatic carbocycles. The molecule has 28 heavy (non-hydrogen) atoms.